The molecule has 2 amide bonds. The van der Waals surface area contributed by atoms with Crippen LogP contribution in [0.4, 0.5) is 5.69 Å². The number of rotatable bonds is 8. The molecule has 1 aromatic rings. The van der Waals surface area contributed by atoms with E-state index in [0.717, 1.165) is 24.1 Å². The number of anilines is 1. The summed E-state index contributed by atoms with van der Waals surface area (Å²) in [4.78, 5) is 24.0. The summed E-state index contributed by atoms with van der Waals surface area (Å²) in [6, 6.07) is 7.13. The van der Waals surface area contributed by atoms with E-state index in [0.29, 0.717) is 12.8 Å². The quantitative estimate of drug-likeness (QED) is 0.635. The third kappa shape index (κ3) is 6.70. The van der Waals surface area contributed by atoms with E-state index in [-0.39, 0.29) is 30.9 Å². The van der Waals surface area contributed by atoms with Crippen molar-refractivity contribution in [2.45, 2.75) is 57.9 Å². The number of carbonyl (C=O) groups is 2. The molecule has 0 spiro atoms. The van der Waals surface area contributed by atoms with Gasteiger partial charge < -0.3 is 15.7 Å². The summed E-state index contributed by atoms with van der Waals surface area (Å²) in [6.45, 7) is 1.87. The first kappa shape index (κ1) is 19.2. The third-order valence-electron chi connectivity index (χ3n) is 4.45. The number of allylic oxidation sites excluding steroid dienone is 1. The van der Waals surface area contributed by atoms with Gasteiger partial charge in [-0.25, -0.2) is 0 Å². The van der Waals surface area contributed by atoms with E-state index in [1.165, 1.54) is 18.4 Å². The Balaban J connectivity index is 1.81. The summed E-state index contributed by atoms with van der Waals surface area (Å²) >= 11 is 0. The second-order valence-electron chi connectivity index (χ2n) is 6.56. The van der Waals surface area contributed by atoms with Crippen molar-refractivity contribution < 1.29 is 14.7 Å². The van der Waals surface area contributed by atoms with E-state index in [1.807, 2.05) is 31.2 Å². The number of aliphatic hydroxyl groups excluding tert-OH is 1. The van der Waals surface area contributed by atoms with Gasteiger partial charge in [-0.15, -0.1) is 0 Å². The predicted octanol–water partition coefficient (Wildman–Crippen LogP) is 2.95. The number of hydrogen-bond donors (Lipinski definition) is 3. The molecule has 1 aromatic carbocycles. The van der Waals surface area contributed by atoms with Crippen molar-refractivity contribution in [3.8, 4) is 0 Å². The van der Waals surface area contributed by atoms with Crippen molar-refractivity contribution in [1.82, 2.24) is 5.32 Å². The van der Waals surface area contributed by atoms with Gasteiger partial charge in [-0.1, -0.05) is 30.7 Å². The highest BCUT2D eigenvalue weighted by molar-refractivity contribution is 5.92. The Morgan fingerprint density at radius 1 is 1.12 bits per heavy atom. The number of hydrogen-bond acceptors (Lipinski definition) is 3. The first-order valence-electron chi connectivity index (χ1n) is 9.07. The molecule has 1 aliphatic carbocycles. The Kier molecular flexibility index (Phi) is 7.67. The fourth-order valence-electron chi connectivity index (χ4n) is 2.92. The normalized spacial score (nSPS) is 15.2. The molecule has 0 radical (unpaired) electrons. The third-order valence-corrected chi connectivity index (χ3v) is 4.45. The second-order valence-corrected chi connectivity index (χ2v) is 6.56. The summed E-state index contributed by atoms with van der Waals surface area (Å²) in [5.74, 6) is -0.103. The molecule has 1 aliphatic rings. The lowest BCUT2D eigenvalue weighted by Gasteiger charge is -2.14. The smallest absolute Gasteiger partial charge is 0.228 e. The molecule has 2 rings (SSSR count). The van der Waals surface area contributed by atoms with Gasteiger partial charge in [0.2, 0.25) is 11.8 Å². The molecule has 0 heterocycles. The minimum atomic E-state index is -0.194. The molecule has 0 bridgehead atoms. The minimum Gasteiger partial charge on any atom is -0.394 e. The number of benzene rings is 1. The Bertz CT molecular complexity index is 604. The van der Waals surface area contributed by atoms with Crippen LogP contribution in [-0.2, 0) is 16.0 Å². The molecular formula is C20H28N2O3. The highest BCUT2D eigenvalue weighted by Gasteiger charge is 2.11. The van der Waals surface area contributed by atoms with Crippen molar-refractivity contribution in [2.75, 3.05) is 11.9 Å². The van der Waals surface area contributed by atoms with Crippen LogP contribution in [0.25, 0.3) is 0 Å². The van der Waals surface area contributed by atoms with E-state index in [1.54, 1.807) is 0 Å². The number of amides is 2. The SMILES string of the molecule is CC[C@@H](CO)NC(=O)Cc1ccc(NC(=O)CC2=CCCCC2)cc1. The zero-order chi connectivity index (χ0) is 18.1. The van der Waals surface area contributed by atoms with E-state index in [9.17, 15) is 9.59 Å². The first-order valence-corrected chi connectivity index (χ1v) is 9.07. The zero-order valence-electron chi connectivity index (χ0n) is 14.9. The molecule has 0 saturated carbocycles. The Morgan fingerprint density at radius 3 is 2.48 bits per heavy atom. The van der Waals surface area contributed by atoms with Crippen LogP contribution >= 0.6 is 0 Å². The molecule has 0 aliphatic heterocycles. The van der Waals surface area contributed by atoms with Crippen molar-refractivity contribution >= 4 is 17.5 Å². The van der Waals surface area contributed by atoms with Crippen molar-refractivity contribution in [3.63, 3.8) is 0 Å². The maximum Gasteiger partial charge on any atom is 0.228 e. The molecule has 5 nitrogen and oxygen atoms in total. The van der Waals surface area contributed by atoms with Gasteiger partial charge in [-0.3, -0.25) is 9.59 Å². The Labute approximate surface area is 149 Å². The van der Waals surface area contributed by atoms with Crippen LogP contribution in [0.2, 0.25) is 0 Å². The molecule has 0 fully saturated rings. The molecule has 0 saturated heterocycles. The van der Waals surface area contributed by atoms with Gasteiger partial charge in [0.1, 0.15) is 0 Å². The van der Waals surface area contributed by atoms with E-state index in [4.69, 9.17) is 5.11 Å². The van der Waals surface area contributed by atoms with Crippen LogP contribution in [0.1, 0.15) is 51.0 Å². The fraction of sp³-hybridized carbons (Fsp3) is 0.500. The summed E-state index contributed by atoms with van der Waals surface area (Å²) < 4.78 is 0. The standard InChI is InChI=1S/C20H28N2O3/c1-2-17(14-23)21-19(24)13-16-8-10-18(11-9-16)22-20(25)12-15-6-4-3-5-7-15/h6,8-11,17,23H,2-5,7,12-14H2,1H3,(H,21,24)(H,22,25)/t17-/m0/s1. The molecule has 0 aromatic heterocycles. The monoisotopic (exact) mass is 344 g/mol. The van der Waals surface area contributed by atoms with Gasteiger partial charge >= 0.3 is 0 Å². The van der Waals surface area contributed by atoms with Crippen LogP contribution in [-0.4, -0.2) is 29.6 Å². The van der Waals surface area contributed by atoms with Crippen LogP contribution in [0.3, 0.4) is 0 Å². The molecular weight excluding hydrogens is 316 g/mol. The first-order chi connectivity index (χ1) is 12.1. The predicted molar refractivity (Wildman–Crippen MR) is 99.3 cm³/mol. The zero-order valence-corrected chi connectivity index (χ0v) is 14.9. The highest BCUT2D eigenvalue weighted by atomic mass is 16.3. The van der Waals surface area contributed by atoms with E-state index in [2.05, 4.69) is 16.7 Å². The lowest BCUT2D eigenvalue weighted by atomic mass is 9.97. The van der Waals surface area contributed by atoms with Gasteiger partial charge in [-0.05, 0) is 49.8 Å². The second kappa shape index (κ2) is 9.99. The van der Waals surface area contributed by atoms with Gasteiger partial charge in [0.05, 0.1) is 19.1 Å². The topological polar surface area (TPSA) is 78.4 Å². The lowest BCUT2D eigenvalue weighted by molar-refractivity contribution is -0.121. The molecule has 25 heavy (non-hydrogen) atoms. The largest absolute Gasteiger partial charge is 0.394 e. The fourth-order valence-corrected chi connectivity index (χ4v) is 2.92. The summed E-state index contributed by atoms with van der Waals surface area (Å²) in [6.07, 6.45) is 8.09. The average Bonchev–Trinajstić information content (AvgIpc) is 2.62. The van der Waals surface area contributed by atoms with E-state index < -0.39 is 0 Å². The number of aliphatic hydroxyl groups is 1. The van der Waals surface area contributed by atoms with Crippen LogP contribution < -0.4 is 10.6 Å². The maximum atomic E-state index is 12.1. The van der Waals surface area contributed by atoms with E-state index >= 15 is 0 Å². The molecule has 136 valence electrons. The van der Waals surface area contributed by atoms with Gasteiger partial charge in [0.25, 0.3) is 0 Å². The van der Waals surface area contributed by atoms with Gasteiger partial charge in [-0.2, -0.15) is 0 Å². The lowest BCUT2D eigenvalue weighted by Crippen LogP contribution is -2.37. The molecule has 0 unspecified atom stereocenters. The maximum absolute atomic E-state index is 12.1. The molecule has 3 N–H and O–H groups in total. The van der Waals surface area contributed by atoms with Crippen LogP contribution in [0.5, 0.6) is 0 Å². The van der Waals surface area contributed by atoms with Gasteiger partial charge in [0, 0.05) is 12.1 Å². The van der Waals surface area contributed by atoms with Crippen molar-refractivity contribution in [2.24, 2.45) is 0 Å². The van der Waals surface area contributed by atoms with Crippen molar-refractivity contribution in [1.29, 1.82) is 0 Å². The van der Waals surface area contributed by atoms with Crippen LogP contribution in [0.15, 0.2) is 35.9 Å². The molecule has 5 heteroatoms. The van der Waals surface area contributed by atoms with Gasteiger partial charge in [0.15, 0.2) is 0 Å². The Hall–Kier alpha value is -2.14. The summed E-state index contributed by atoms with van der Waals surface area (Å²) in [7, 11) is 0. The Morgan fingerprint density at radius 2 is 1.88 bits per heavy atom. The molecule has 1 atom stereocenters. The number of nitrogens with one attached hydrogen (secondary N) is 2. The average molecular weight is 344 g/mol. The minimum absolute atomic E-state index is 0.00683. The number of carbonyl (C=O) groups excluding carboxylic acids is 2. The van der Waals surface area contributed by atoms with Crippen LogP contribution in [0, 0.1) is 0 Å². The summed E-state index contributed by atoms with van der Waals surface area (Å²) in [5, 5.41) is 14.8. The highest BCUT2D eigenvalue weighted by Crippen LogP contribution is 2.20. The summed E-state index contributed by atoms with van der Waals surface area (Å²) in [5.41, 5.74) is 2.84. The van der Waals surface area contributed by atoms with Crippen molar-refractivity contribution in [3.05, 3.63) is 41.5 Å².